The second-order valence-corrected chi connectivity index (χ2v) is 12.2. The van der Waals surface area contributed by atoms with Crippen molar-refractivity contribution in [3.05, 3.63) is 84.9 Å². The Bertz CT molecular complexity index is 872. The van der Waals surface area contributed by atoms with E-state index >= 15 is 0 Å². The lowest BCUT2D eigenvalue weighted by molar-refractivity contribution is 0.845. The van der Waals surface area contributed by atoms with Crippen molar-refractivity contribution in [3.63, 3.8) is 0 Å². The van der Waals surface area contributed by atoms with Crippen LogP contribution < -0.4 is 21.4 Å². The maximum atomic E-state index is 6.64. The monoisotopic (exact) mass is 418 g/mol. The predicted molar refractivity (Wildman–Crippen MR) is 137 cm³/mol. The minimum Gasteiger partial charge on any atom is -0.0826 e. The highest BCUT2D eigenvalue weighted by Gasteiger charge is 2.29. The average Bonchev–Trinajstić information content (AvgIpc) is 2.80. The first-order chi connectivity index (χ1) is 14.2. The van der Waals surface area contributed by atoms with E-state index in [1.165, 1.54) is 59.7 Å². The Morgan fingerprint density at radius 3 is 1.59 bits per heavy atom. The van der Waals surface area contributed by atoms with Gasteiger partial charge in [0.25, 0.3) is 0 Å². The SMILES string of the molecule is CCCCB(CCCC)c1ccccc1P(=S)(c1ccccc1)c1ccccc1. The third-order valence-electron chi connectivity index (χ3n) is 5.77. The molecule has 0 atom stereocenters. The van der Waals surface area contributed by atoms with Crippen LogP contribution in [0, 0.1) is 0 Å². The number of benzene rings is 3. The molecule has 0 radical (unpaired) electrons. The summed E-state index contributed by atoms with van der Waals surface area (Å²) < 4.78 is 0. The van der Waals surface area contributed by atoms with E-state index < -0.39 is 6.04 Å². The molecule has 0 heterocycles. The van der Waals surface area contributed by atoms with Crippen LogP contribution in [-0.2, 0) is 11.8 Å². The lowest BCUT2D eigenvalue weighted by atomic mass is 9.39. The lowest BCUT2D eigenvalue weighted by Crippen LogP contribution is -2.43. The van der Waals surface area contributed by atoms with Crippen molar-refractivity contribution in [3.8, 4) is 0 Å². The fraction of sp³-hybridized carbons (Fsp3) is 0.308. The molecule has 3 aromatic carbocycles. The van der Waals surface area contributed by atoms with E-state index in [0.29, 0.717) is 6.71 Å². The molecule has 0 bridgehead atoms. The highest BCUT2D eigenvalue weighted by Crippen LogP contribution is 2.42. The van der Waals surface area contributed by atoms with Gasteiger partial charge in [0, 0.05) is 6.04 Å². The third-order valence-corrected chi connectivity index (χ3v) is 10.8. The van der Waals surface area contributed by atoms with Gasteiger partial charge in [-0.2, -0.15) is 0 Å². The molecule has 0 aromatic heterocycles. The minimum absolute atomic E-state index is 0.598. The smallest absolute Gasteiger partial charge is 0.0826 e. The minimum atomic E-state index is -2.10. The number of rotatable bonds is 10. The molecule has 0 fully saturated rings. The summed E-state index contributed by atoms with van der Waals surface area (Å²) in [4.78, 5) is 0. The topological polar surface area (TPSA) is 0 Å². The molecule has 0 saturated heterocycles. The molecule has 0 amide bonds. The fourth-order valence-corrected chi connectivity index (χ4v) is 8.36. The van der Waals surface area contributed by atoms with Crippen LogP contribution >= 0.6 is 6.04 Å². The maximum absolute atomic E-state index is 6.64. The van der Waals surface area contributed by atoms with Crippen LogP contribution in [0.3, 0.4) is 0 Å². The van der Waals surface area contributed by atoms with E-state index in [9.17, 15) is 0 Å². The summed E-state index contributed by atoms with van der Waals surface area (Å²) in [6.45, 7) is 5.18. The van der Waals surface area contributed by atoms with Gasteiger partial charge in [-0.3, -0.25) is 0 Å². The summed E-state index contributed by atoms with van der Waals surface area (Å²) in [5.41, 5.74) is 1.49. The second kappa shape index (κ2) is 11.0. The van der Waals surface area contributed by atoms with Crippen LogP contribution in [0.25, 0.3) is 0 Å². The molecule has 3 aromatic rings. The van der Waals surface area contributed by atoms with Gasteiger partial charge in [0.15, 0.2) is 6.71 Å². The van der Waals surface area contributed by atoms with Gasteiger partial charge in [-0.25, -0.2) is 0 Å². The molecule has 150 valence electrons. The van der Waals surface area contributed by atoms with Gasteiger partial charge in [0.1, 0.15) is 0 Å². The Kier molecular flexibility index (Phi) is 8.34. The van der Waals surface area contributed by atoms with E-state index in [2.05, 4.69) is 98.8 Å². The van der Waals surface area contributed by atoms with Crippen molar-refractivity contribution in [1.82, 2.24) is 0 Å². The maximum Gasteiger partial charge on any atom is 0.176 e. The van der Waals surface area contributed by atoms with Crippen molar-refractivity contribution >= 4 is 45.9 Å². The molecule has 0 saturated carbocycles. The van der Waals surface area contributed by atoms with Gasteiger partial charge in [0.05, 0.1) is 0 Å². The normalized spacial score (nSPS) is 11.4. The highest BCUT2D eigenvalue weighted by atomic mass is 32.4. The highest BCUT2D eigenvalue weighted by molar-refractivity contribution is 8.25. The second-order valence-electron chi connectivity index (χ2n) is 7.82. The molecule has 0 aliphatic rings. The van der Waals surface area contributed by atoms with E-state index in [0.717, 1.165) is 0 Å². The zero-order chi connectivity index (χ0) is 20.5. The van der Waals surface area contributed by atoms with Gasteiger partial charge in [0.2, 0.25) is 0 Å². The van der Waals surface area contributed by atoms with Crippen LogP contribution in [0.1, 0.15) is 39.5 Å². The molecular weight excluding hydrogens is 386 g/mol. The Morgan fingerprint density at radius 2 is 1.10 bits per heavy atom. The number of hydrogen-bond donors (Lipinski definition) is 0. The van der Waals surface area contributed by atoms with E-state index in [1.54, 1.807) is 0 Å². The first-order valence-corrected chi connectivity index (χ1v) is 13.8. The standard InChI is InChI=1S/C26H32BPS/c1-3-5-21-27(22-6-4-2)25-19-13-14-20-26(25)28(29,23-15-9-7-10-16-23)24-17-11-8-12-18-24/h7-20H,3-6,21-22H2,1-2H3. The van der Waals surface area contributed by atoms with Crippen molar-refractivity contribution in [2.75, 3.05) is 0 Å². The quantitative estimate of drug-likeness (QED) is 0.299. The van der Waals surface area contributed by atoms with E-state index in [-0.39, 0.29) is 0 Å². The molecule has 0 aliphatic carbocycles. The summed E-state index contributed by atoms with van der Waals surface area (Å²) in [7, 11) is 0. The largest absolute Gasteiger partial charge is 0.176 e. The zero-order valence-corrected chi connectivity index (χ0v) is 19.5. The molecule has 0 unspecified atom stereocenters. The van der Waals surface area contributed by atoms with Gasteiger partial charge >= 0.3 is 0 Å². The van der Waals surface area contributed by atoms with Crippen LogP contribution in [-0.4, -0.2) is 6.71 Å². The number of hydrogen-bond acceptors (Lipinski definition) is 1. The third kappa shape index (κ3) is 5.11. The first kappa shape index (κ1) is 22.1. The van der Waals surface area contributed by atoms with Crippen LogP contribution in [0.5, 0.6) is 0 Å². The molecule has 3 heteroatoms. The van der Waals surface area contributed by atoms with Crippen LogP contribution in [0.4, 0.5) is 0 Å². The summed E-state index contributed by atoms with van der Waals surface area (Å²) in [6.07, 6.45) is 7.57. The Morgan fingerprint density at radius 1 is 0.655 bits per heavy atom. The molecule has 0 nitrogen and oxygen atoms in total. The summed E-state index contributed by atoms with van der Waals surface area (Å²) in [6, 6.07) is 28.6. The molecule has 3 rings (SSSR count). The van der Waals surface area contributed by atoms with E-state index in [4.69, 9.17) is 11.8 Å². The zero-order valence-electron chi connectivity index (χ0n) is 17.8. The first-order valence-electron chi connectivity index (χ1n) is 11.0. The van der Waals surface area contributed by atoms with Crippen molar-refractivity contribution in [1.29, 1.82) is 0 Å². The molecular formula is C26H32BPS. The summed E-state index contributed by atoms with van der Waals surface area (Å²) in [5, 5.41) is 3.97. The Hall–Kier alpha value is -1.63. The molecule has 0 spiro atoms. The van der Waals surface area contributed by atoms with Crippen molar-refractivity contribution in [2.45, 2.75) is 52.2 Å². The molecule has 29 heavy (non-hydrogen) atoms. The van der Waals surface area contributed by atoms with Gasteiger partial charge in [-0.15, -0.1) is 0 Å². The van der Waals surface area contributed by atoms with Crippen LogP contribution in [0.15, 0.2) is 84.9 Å². The predicted octanol–water partition coefficient (Wildman–Crippen LogP) is 5.74. The Balaban J connectivity index is 2.18. The van der Waals surface area contributed by atoms with Crippen LogP contribution in [0.2, 0.25) is 12.6 Å². The molecule has 0 aliphatic heterocycles. The van der Waals surface area contributed by atoms with Gasteiger partial charge in [-0.05, 0) is 15.9 Å². The fourth-order valence-electron chi connectivity index (χ4n) is 4.18. The molecule has 0 N–H and O–H groups in total. The van der Waals surface area contributed by atoms with Gasteiger partial charge in [-0.1, -0.05) is 154 Å². The van der Waals surface area contributed by atoms with E-state index in [1.807, 2.05) is 0 Å². The number of unbranched alkanes of at least 4 members (excludes halogenated alkanes) is 2. The lowest BCUT2D eigenvalue weighted by Gasteiger charge is -2.28. The van der Waals surface area contributed by atoms with Crippen molar-refractivity contribution in [2.24, 2.45) is 0 Å². The summed E-state index contributed by atoms with van der Waals surface area (Å²) in [5.74, 6) is 0. The average molecular weight is 418 g/mol. The van der Waals surface area contributed by atoms with Gasteiger partial charge < -0.3 is 0 Å². The Labute approximate surface area is 182 Å². The van der Waals surface area contributed by atoms with Crippen molar-refractivity contribution < 1.29 is 0 Å². The summed E-state index contributed by atoms with van der Waals surface area (Å²) >= 11 is 6.64.